The minimum Gasteiger partial charge on any atom is -1.00 e. The molecule has 2 unspecified atom stereocenters. The maximum atomic E-state index is 14.0. The van der Waals surface area contributed by atoms with Crippen LogP contribution in [0, 0.1) is 5.82 Å². The Morgan fingerprint density at radius 1 is 0.881 bits per heavy atom. The number of carboxylic acid groups (broad SMARTS) is 1. The molecule has 0 aliphatic rings. The topological polar surface area (TPSA) is 112 Å². The van der Waals surface area contributed by atoms with Gasteiger partial charge in [-0.2, -0.15) is 0 Å². The first-order chi connectivity index (χ1) is 19.7. The van der Waals surface area contributed by atoms with E-state index in [4.69, 9.17) is 5.11 Å². The monoisotopic (exact) mass is 600 g/mol. The molecular formula is C33H37CaFN2O5. The molecule has 218 valence electrons. The number of aliphatic hydroxyl groups is 2. The molecule has 0 saturated heterocycles. The summed E-state index contributed by atoms with van der Waals surface area (Å²) in [5, 5.41) is 32.8. The van der Waals surface area contributed by atoms with Crippen molar-refractivity contribution in [3.8, 4) is 22.4 Å². The van der Waals surface area contributed by atoms with Crippen LogP contribution in [0.4, 0.5) is 10.1 Å². The molecule has 2 atom stereocenters. The fourth-order valence-corrected chi connectivity index (χ4v) is 5.20. The quantitative estimate of drug-likeness (QED) is 0.146. The Morgan fingerprint density at radius 2 is 1.48 bits per heavy atom. The number of para-hydroxylation sites is 1. The van der Waals surface area contributed by atoms with Crippen LogP contribution in [-0.4, -0.2) is 81.7 Å². The van der Waals surface area contributed by atoms with Gasteiger partial charge in [0.05, 0.1) is 29.9 Å². The Kier molecular flexibility index (Phi) is 12.3. The van der Waals surface area contributed by atoms with Gasteiger partial charge < -0.3 is 28.1 Å². The van der Waals surface area contributed by atoms with E-state index < -0.39 is 24.6 Å². The maximum absolute atomic E-state index is 14.0. The standard InChI is InChI=1S/C33H35FN2O5.Ca.2H/c1-21(2)31-30(33(41)35-25-11-7-4-8-12-25)29(22-9-5-3-6-10-22)32(23-13-15-24(34)16-14-23)36(31)18-17-26(37)19-27(38)20-28(39)40;;;/h3-16,21,26-27,37-38H,17-20H2,1-2H3,(H,35,41)(H,39,40);;;/q;+2;2*-1. The summed E-state index contributed by atoms with van der Waals surface area (Å²) in [6, 6.07) is 24.8. The number of aliphatic carboxylic acids is 1. The second-order valence-corrected chi connectivity index (χ2v) is 10.4. The van der Waals surface area contributed by atoms with Gasteiger partial charge in [-0.05, 0) is 66.3 Å². The third-order valence-electron chi connectivity index (χ3n) is 6.93. The number of carbonyl (C=O) groups excluding carboxylic acids is 1. The van der Waals surface area contributed by atoms with E-state index >= 15 is 0 Å². The number of aliphatic hydroxyl groups excluding tert-OH is 2. The van der Waals surface area contributed by atoms with Crippen molar-refractivity contribution in [2.24, 2.45) is 0 Å². The fraction of sp³-hybridized carbons (Fsp3) is 0.273. The van der Waals surface area contributed by atoms with Gasteiger partial charge in [0.1, 0.15) is 5.82 Å². The number of nitrogens with zero attached hydrogens (tertiary/aromatic N) is 1. The van der Waals surface area contributed by atoms with Crippen molar-refractivity contribution in [1.29, 1.82) is 0 Å². The molecule has 0 radical (unpaired) electrons. The van der Waals surface area contributed by atoms with E-state index in [1.165, 1.54) is 12.1 Å². The largest absolute Gasteiger partial charge is 2.00 e. The number of halogens is 1. The van der Waals surface area contributed by atoms with Crippen LogP contribution >= 0.6 is 0 Å². The van der Waals surface area contributed by atoms with Crippen LogP contribution in [-0.2, 0) is 11.3 Å². The molecular weight excluding hydrogens is 563 g/mol. The zero-order chi connectivity index (χ0) is 29.5. The molecule has 3 aromatic carbocycles. The van der Waals surface area contributed by atoms with Gasteiger partial charge in [0.2, 0.25) is 0 Å². The van der Waals surface area contributed by atoms with Crippen LogP contribution in [0.25, 0.3) is 22.4 Å². The van der Waals surface area contributed by atoms with E-state index in [0.717, 1.165) is 11.3 Å². The number of nitrogens with one attached hydrogen (secondary N) is 1. The second-order valence-electron chi connectivity index (χ2n) is 10.4. The molecule has 4 aromatic rings. The zero-order valence-corrected chi connectivity index (χ0v) is 26.0. The average Bonchev–Trinajstić information content (AvgIpc) is 3.28. The smallest absolute Gasteiger partial charge is 1.00 e. The Labute approximate surface area is 278 Å². The molecule has 42 heavy (non-hydrogen) atoms. The van der Waals surface area contributed by atoms with Crippen LogP contribution in [0.2, 0.25) is 0 Å². The molecule has 0 bridgehead atoms. The summed E-state index contributed by atoms with van der Waals surface area (Å²) in [4.78, 5) is 25.0. The molecule has 0 saturated carbocycles. The molecule has 4 N–H and O–H groups in total. The van der Waals surface area contributed by atoms with E-state index in [2.05, 4.69) is 5.32 Å². The molecule has 0 fully saturated rings. The number of benzene rings is 3. The van der Waals surface area contributed by atoms with Crippen molar-refractivity contribution in [3.63, 3.8) is 0 Å². The van der Waals surface area contributed by atoms with E-state index in [-0.39, 0.29) is 77.6 Å². The van der Waals surface area contributed by atoms with Crippen LogP contribution < -0.4 is 5.32 Å². The summed E-state index contributed by atoms with van der Waals surface area (Å²) in [5.74, 6) is -1.93. The van der Waals surface area contributed by atoms with Crippen LogP contribution in [0.3, 0.4) is 0 Å². The summed E-state index contributed by atoms with van der Waals surface area (Å²) in [6.45, 7) is 4.25. The fourth-order valence-electron chi connectivity index (χ4n) is 5.20. The van der Waals surface area contributed by atoms with Gasteiger partial charge in [0.25, 0.3) is 5.91 Å². The number of rotatable bonds is 12. The molecule has 1 amide bonds. The molecule has 0 spiro atoms. The van der Waals surface area contributed by atoms with Crippen molar-refractivity contribution >= 4 is 55.3 Å². The number of hydrogen-bond donors (Lipinski definition) is 4. The number of hydrogen-bond acceptors (Lipinski definition) is 4. The normalized spacial score (nSPS) is 12.4. The Balaban J connectivity index is 0.00000323. The number of amides is 1. The first-order valence-corrected chi connectivity index (χ1v) is 13.7. The molecule has 4 rings (SSSR count). The van der Waals surface area contributed by atoms with Gasteiger partial charge in [0.15, 0.2) is 0 Å². The minimum atomic E-state index is -1.18. The molecule has 1 aromatic heterocycles. The molecule has 9 heteroatoms. The predicted octanol–water partition coefficient (Wildman–Crippen LogP) is 6.16. The maximum Gasteiger partial charge on any atom is 2.00 e. The van der Waals surface area contributed by atoms with Gasteiger partial charge in [-0.15, -0.1) is 0 Å². The third-order valence-corrected chi connectivity index (χ3v) is 6.93. The number of anilines is 1. The van der Waals surface area contributed by atoms with Crippen molar-refractivity contribution in [2.45, 2.75) is 57.8 Å². The van der Waals surface area contributed by atoms with Crippen molar-refractivity contribution in [2.75, 3.05) is 5.32 Å². The minimum absolute atomic E-state index is 0. The average molecular weight is 601 g/mol. The van der Waals surface area contributed by atoms with Crippen LogP contribution in [0.1, 0.15) is 57.9 Å². The number of aromatic nitrogens is 1. The van der Waals surface area contributed by atoms with Crippen molar-refractivity contribution < 1.29 is 32.2 Å². The Hall–Kier alpha value is -3.01. The Bertz CT molecular complexity index is 1490. The van der Waals surface area contributed by atoms with Gasteiger partial charge in [0, 0.05) is 23.5 Å². The summed E-state index contributed by atoms with van der Waals surface area (Å²) in [6.07, 6.45) is -2.51. The van der Waals surface area contributed by atoms with Gasteiger partial charge in [-0.1, -0.05) is 62.4 Å². The molecule has 1 heterocycles. The first-order valence-electron chi connectivity index (χ1n) is 13.7. The van der Waals surface area contributed by atoms with Crippen molar-refractivity contribution in [3.05, 3.63) is 102 Å². The number of carboxylic acids is 1. The third kappa shape index (κ3) is 8.30. The Morgan fingerprint density at radius 3 is 2.05 bits per heavy atom. The van der Waals surface area contributed by atoms with E-state index in [9.17, 15) is 24.2 Å². The van der Waals surface area contributed by atoms with Crippen LogP contribution in [0.5, 0.6) is 0 Å². The second kappa shape index (κ2) is 15.5. The molecule has 7 nitrogen and oxygen atoms in total. The van der Waals surface area contributed by atoms with Gasteiger partial charge in [-0.3, -0.25) is 9.59 Å². The summed E-state index contributed by atoms with van der Waals surface area (Å²) < 4.78 is 16.0. The number of carbonyl (C=O) groups is 2. The van der Waals surface area contributed by atoms with Gasteiger partial charge >= 0.3 is 43.7 Å². The van der Waals surface area contributed by atoms with Crippen LogP contribution in [0.15, 0.2) is 84.9 Å². The van der Waals surface area contributed by atoms with E-state index in [0.29, 0.717) is 28.1 Å². The van der Waals surface area contributed by atoms with E-state index in [1.807, 2.05) is 79.1 Å². The summed E-state index contributed by atoms with van der Waals surface area (Å²) in [7, 11) is 0. The summed E-state index contributed by atoms with van der Waals surface area (Å²) in [5.41, 5.74) is 4.77. The van der Waals surface area contributed by atoms with Gasteiger partial charge in [-0.25, -0.2) is 4.39 Å². The SMILES string of the molecule is CC(C)c1c(C(=O)Nc2ccccc2)c(-c2ccccc2)c(-c2ccc(F)cc2)n1CCC(O)CC(O)CC(=O)O.[Ca+2].[H-].[H-]. The zero-order valence-electron chi connectivity index (χ0n) is 25.8. The van der Waals surface area contributed by atoms with Crippen molar-refractivity contribution in [1.82, 2.24) is 4.57 Å². The predicted molar refractivity (Wildman–Crippen MR) is 165 cm³/mol. The molecule has 0 aliphatic heterocycles. The van der Waals surface area contributed by atoms with E-state index in [1.54, 1.807) is 12.1 Å². The summed E-state index contributed by atoms with van der Waals surface area (Å²) >= 11 is 0. The molecule has 0 aliphatic carbocycles. The first kappa shape index (κ1) is 33.5.